The summed E-state index contributed by atoms with van der Waals surface area (Å²) in [6.45, 7) is 0.405. The van der Waals surface area contributed by atoms with Crippen LogP contribution < -0.4 is 15.0 Å². The van der Waals surface area contributed by atoms with Gasteiger partial charge in [0, 0.05) is 43.7 Å². The van der Waals surface area contributed by atoms with Crippen molar-refractivity contribution in [2.24, 2.45) is 0 Å². The number of halogens is 4. The number of likely N-dealkylation sites (N-methyl/N-ethyl adjacent to an activating group) is 1. The minimum atomic E-state index is -4.54. The SMILES string of the molecule is CN1CCc2cc(N3CCn4nc(NC(=O)c5cnc(OCC(F)(F)F)c(Cl)c5)cc43)ccc2C1=O. The van der Waals surface area contributed by atoms with Gasteiger partial charge in [-0.25, -0.2) is 9.67 Å². The molecule has 188 valence electrons. The van der Waals surface area contributed by atoms with E-state index in [1.54, 1.807) is 22.7 Å². The van der Waals surface area contributed by atoms with Gasteiger partial charge in [-0.2, -0.15) is 18.3 Å². The van der Waals surface area contributed by atoms with Crippen LogP contribution in [0, 0.1) is 0 Å². The van der Waals surface area contributed by atoms with Crippen LogP contribution in [0.15, 0.2) is 36.5 Å². The highest BCUT2D eigenvalue weighted by Crippen LogP contribution is 2.34. The Bertz CT molecular complexity index is 1360. The number of amides is 2. The van der Waals surface area contributed by atoms with Crippen LogP contribution in [0.1, 0.15) is 26.3 Å². The van der Waals surface area contributed by atoms with Gasteiger partial charge in [0.15, 0.2) is 12.4 Å². The van der Waals surface area contributed by atoms with Gasteiger partial charge >= 0.3 is 6.18 Å². The molecule has 2 aliphatic rings. The molecule has 0 saturated carbocycles. The summed E-state index contributed by atoms with van der Waals surface area (Å²) in [6.07, 6.45) is -2.69. The molecule has 36 heavy (non-hydrogen) atoms. The number of pyridine rings is 1. The first-order valence-corrected chi connectivity index (χ1v) is 11.4. The molecule has 0 bridgehead atoms. The lowest BCUT2D eigenvalue weighted by atomic mass is 9.98. The zero-order valence-electron chi connectivity index (χ0n) is 19.0. The van der Waals surface area contributed by atoms with Crippen LogP contribution in [-0.4, -0.2) is 64.4 Å². The molecule has 9 nitrogen and oxygen atoms in total. The van der Waals surface area contributed by atoms with Crippen molar-refractivity contribution in [2.75, 3.05) is 37.0 Å². The summed E-state index contributed by atoms with van der Waals surface area (Å²) in [6, 6.07) is 8.64. The zero-order chi connectivity index (χ0) is 25.6. The second kappa shape index (κ2) is 9.01. The number of rotatable bonds is 5. The molecule has 0 radical (unpaired) electrons. The van der Waals surface area contributed by atoms with E-state index >= 15 is 0 Å². The fourth-order valence-electron chi connectivity index (χ4n) is 4.17. The lowest BCUT2D eigenvalue weighted by Crippen LogP contribution is -2.34. The first kappa shape index (κ1) is 23.9. The van der Waals surface area contributed by atoms with Gasteiger partial charge in [-0.3, -0.25) is 9.59 Å². The Morgan fingerprint density at radius 1 is 1.19 bits per heavy atom. The first-order chi connectivity index (χ1) is 17.1. The van der Waals surface area contributed by atoms with Crippen molar-refractivity contribution in [3.05, 3.63) is 58.2 Å². The highest BCUT2D eigenvalue weighted by atomic mass is 35.5. The first-order valence-electron chi connectivity index (χ1n) is 11.0. The summed E-state index contributed by atoms with van der Waals surface area (Å²) in [4.78, 5) is 32.5. The minimum absolute atomic E-state index is 0.00815. The van der Waals surface area contributed by atoms with Gasteiger partial charge in [0.25, 0.3) is 11.8 Å². The maximum atomic E-state index is 12.7. The number of ether oxygens (including phenoxy) is 1. The van der Waals surface area contributed by atoms with Gasteiger partial charge in [0.1, 0.15) is 10.8 Å². The van der Waals surface area contributed by atoms with E-state index in [0.717, 1.165) is 29.7 Å². The topological polar surface area (TPSA) is 92.6 Å². The number of nitrogens with zero attached hydrogens (tertiary/aromatic N) is 5. The molecule has 0 unspecified atom stereocenters. The lowest BCUT2D eigenvalue weighted by molar-refractivity contribution is -0.154. The van der Waals surface area contributed by atoms with Crippen LogP contribution in [-0.2, 0) is 13.0 Å². The molecule has 2 amide bonds. The average molecular weight is 521 g/mol. The summed E-state index contributed by atoms with van der Waals surface area (Å²) < 4.78 is 43.3. The Morgan fingerprint density at radius 3 is 2.75 bits per heavy atom. The number of anilines is 3. The van der Waals surface area contributed by atoms with Crippen molar-refractivity contribution in [1.29, 1.82) is 0 Å². The number of hydrogen-bond acceptors (Lipinski definition) is 6. The van der Waals surface area contributed by atoms with E-state index in [-0.39, 0.29) is 16.5 Å². The smallest absolute Gasteiger partial charge is 0.422 e. The fraction of sp³-hybridized carbons (Fsp3) is 0.304. The molecule has 2 aromatic heterocycles. The van der Waals surface area contributed by atoms with Gasteiger partial charge in [-0.1, -0.05) is 11.6 Å². The molecule has 2 aliphatic heterocycles. The number of carbonyl (C=O) groups excluding carboxylic acids is 2. The van der Waals surface area contributed by atoms with Crippen molar-refractivity contribution in [1.82, 2.24) is 19.7 Å². The molecule has 0 aliphatic carbocycles. The number of nitrogens with one attached hydrogen (secondary N) is 1. The van der Waals surface area contributed by atoms with Crippen LogP contribution in [0.25, 0.3) is 0 Å². The third-order valence-electron chi connectivity index (χ3n) is 5.95. The Kier molecular flexibility index (Phi) is 5.99. The predicted octanol–water partition coefficient (Wildman–Crippen LogP) is 3.90. The van der Waals surface area contributed by atoms with Crippen LogP contribution in [0.3, 0.4) is 0 Å². The Labute approximate surface area is 208 Å². The van der Waals surface area contributed by atoms with Crippen molar-refractivity contribution in [2.45, 2.75) is 19.1 Å². The number of benzene rings is 1. The van der Waals surface area contributed by atoms with E-state index in [9.17, 15) is 22.8 Å². The third-order valence-corrected chi connectivity index (χ3v) is 6.22. The van der Waals surface area contributed by atoms with Crippen molar-refractivity contribution >= 4 is 40.7 Å². The maximum absolute atomic E-state index is 12.7. The predicted molar refractivity (Wildman–Crippen MR) is 125 cm³/mol. The zero-order valence-corrected chi connectivity index (χ0v) is 19.7. The van der Waals surface area contributed by atoms with Crippen LogP contribution >= 0.6 is 11.6 Å². The molecule has 13 heteroatoms. The van der Waals surface area contributed by atoms with E-state index in [1.165, 1.54) is 6.07 Å². The highest BCUT2D eigenvalue weighted by Gasteiger charge is 2.30. The molecule has 3 aromatic rings. The number of hydrogen-bond donors (Lipinski definition) is 1. The van der Waals surface area contributed by atoms with E-state index in [4.69, 9.17) is 11.6 Å². The minimum Gasteiger partial charge on any atom is -0.467 e. The summed E-state index contributed by atoms with van der Waals surface area (Å²) >= 11 is 5.94. The quantitative estimate of drug-likeness (QED) is 0.548. The van der Waals surface area contributed by atoms with Gasteiger partial charge in [0.05, 0.1) is 12.1 Å². The summed E-state index contributed by atoms with van der Waals surface area (Å²) in [5, 5.41) is 6.85. The molecular formula is C23H20ClF3N6O3. The molecule has 0 saturated heterocycles. The molecule has 1 aromatic carbocycles. The Morgan fingerprint density at radius 2 is 2.00 bits per heavy atom. The largest absolute Gasteiger partial charge is 0.467 e. The van der Waals surface area contributed by atoms with Crippen molar-refractivity contribution in [3.8, 4) is 5.88 Å². The van der Waals surface area contributed by atoms with Gasteiger partial charge in [-0.15, -0.1) is 0 Å². The molecule has 5 rings (SSSR count). The normalized spacial score (nSPS) is 15.1. The second-order valence-electron chi connectivity index (χ2n) is 8.45. The monoisotopic (exact) mass is 520 g/mol. The van der Waals surface area contributed by atoms with E-state index in [2.05, 4.69) is 25.0 Å². The summed E-state index contributed by atoms with van der Waals surface area (Å²) in [5.74, 6) is 0.0837. The number of aromatic nitrogens is 3. The lowest BCUT2D eigenvalue weighted by Gasteiger charge is -2.26. The standard InChI is InChI=1S/C23H20ClF3N6O3/c1-31-5-4-13-8-15(2-3-16(13)22(31)35)32-6-7-33-19(32)10-18(30-33)29-20(34)14-9-17(24)21(28-11-14)36-12-23(25,26)27/h2-3,8-11H,4-7,12H2,1H3,(H,29,30,34). The maximum Gasteiger partial charge on any atom is 0.422 e. The van der Waals surface area contributed by atoms with E-state index in [1.807, 2.05) is 18.2 Å². The van der Waals surface area contributed by atoms with E-state index in [0.29, 0.717) is 31.0 Å². The fourth-order valence-corrected chi connectivity index (χ4v) is 4.39. The van der Waals surface area contributed by atoms with Crippen molar-refractivity contribution < 1.29 is 27.5 Å². The van der Waals surface area contributed by atoms with Gasteiger partial charge < -0.3 is 19.9 Å². The summed E-state index contributed by atoms with van der Waals surface area (Å²) in [7, 11) is 1.79. The second-order valence-corrected chi connectivity index (χ2v) is 8.86. The molecule has 1 N–H and O–H groups in total. The average Bonchev–Trinajstić information content (AvgIpc) is 3.40. The molecule has 0 fully saturated rings. The number of fused-ring (bicyclic) bond motifs is 2. The van der Waals surface area contributed by atoms with Crippen LogP contribution in [0.4, 0.5) is 30.5 Å². The summed E-state index contributed by atoms with van der Waals surface area (Å²) in [5.41, 5.74) is 2.66. The highest BCUT2D eigenvalue weighted by molar-refractivity contribution is 6.32. The van der Waals surface area contributed by atoms with Gasteiger partial charge in [-0.05, 0) is 36.2 Å². The number of alkyl halides is 3. The third kappa shape index (κ3) is 4.68. The van der Waals surface area contributed by atoms with Crippen LogP contribution in [0.5, 0.6) is 5.88 Å². The molecule has 0 atom stereocenters. The Hall–Kier alpha value is -3.80. The van der Waals surface area contributed by atoms with Crippen LogP contribution in [0.2, 0.25) is 5.02 Å². The molecule has 0 spiro atoms. The Balaban J connectivity index is 1.30. The van der Waals surface area contributed by atoms with Crippen molar-refractivity contribution in [3.63, 3.8) is 0 Å². The van der Waals surface area contributed by atoms with E-state index < -0.39 is 24.6 Å². The molecular weight excluding hydrogens is 501 g/mol. The van der Waals surface area contributed by atoms with Gasteiger partial charge in [0.2, 0.25) is 5.88 Å². The number of carbonyl (C=O) groups is 2. The molecule has 4 heterocycles.